The molecule has 2 amide bonds. The molecule has 0 unspecified atom stereocenters. The number of carbonyl (C=O) groups is 2. The highest BCUT2D eigenvalue weighted by Gasteiger charge is 2.63. The van der Waals surface area contributed by atoms with E-state index in [1.165, 1.54) is 0 Å². The standard InChI is InChI=1S/C32H30N2O2/c35-29(33-27-13-5-9-23-7-1-3-11-25(23)27)31-16-21-15-22(17-31)19-32(18-21,20-31)30(36)34-28-14-6-10-24-8-2-4-12-26(24)28/h1-14,21-22H,15-20H2,(H,33,35)(H,34,36). The molecule has 4 fully saturated rings. The van der Waals surface area contributed by atoms with Crippen LogP contribution in [0.3, 0.4) is 0 Å². The topological polar surface area (TPSA) is 58.2 Å². The summed E-state index contributed by atoms with van der Waals surface area (Å²) in [5, 5.41) is 11.0. The fourth-order valence-electron chi connectivity index (χ4n) is 7.97. The van der Waals surface area contributed by atoms with Gasteiger partial charge in [0.25, 0.3) is 0 Å². The zero-order valence-corrected chi connectivity index (χ0v) is 20.3. The van der Waals surface area contributed by atoms with E-state index in [4.69, 9.17) is 0 Å². The maximum Gasteiger partial charge on any atom is 0.230 e. The average molecular weight is 475 g/mol. The Hall–Kier alpha value is -3.66. The molecule has 0 aromatic heterocycles. The molecule has 4 aromatic carbocycles. The molecule has 0 atom stereocenters. The van der Waals surface area contributed by atoms with Crippen LogP contribution in [0.2, 0.25) is 0 Å². The van der Waals surface area contributed by atoms with Crippen LogP contribution in [-0.4, -0.2) is 11.8 Å². The van der Waals surface area contributed by atoms with E-state index in [1.54, 1.807) is 0 Å². The number of amides is 2. The van der Waals surface area contributed by atoms with E-state index in [1.807, 2.05) is 48.5 Å². The molecule has 2 N–H and O–H groups in total. The van der Waals surface area contributed by atoms with Crippen LogP contribution >= 0.6 is 0 Å². The number of anilines is 2. The Morgan fingerprint density at radius 3 is 1.47 bits per heavy atom. The van der Waals surface area contributed by atoms with Gasteiger partial charge >= 0.3 is 0 Å². The second-order valence-corrected chi connectivity index (χ2v) is 11.5. The van der Waals surface area contributed by atoms with Crippen molar-refractivity contribution >= 4 is 44.7 Å². The first-order valence-corrected chi connectivity index (χ1v) is 13.1. The molecular formula is C32H30N2O2. The molecule has 0 heterocycles. The van der Waals surface area contributed by atoms with Crippen LogP contribution in [0.15, 0.2) is 84.9 Å². The maximum absolute atomic E-state index is 14.0. The van der Waals surface area contributed by atoms with E-state index in [0.29, 0.717) is 18.3 Å². The Balaban J connectivity index is 1.20. The summed E-state index contributed by atoms with van der Waals surface area (Å²) < 4.78 is 0. The molecular weight excluding hydrogens is 444 g/mol. The number of rotatable bonds is 4. The van der Waals surface area contributed by atoms with Crippen LogP contribution in [0.4, 0.5) is 11.4 Å². The molecule has 4 heteroatoms. The molecule has 4 aromatic rings. The second kappa shape index (κ2) is 7.92. The van der Waals surface area contributed by atoms with Crippen molar-refractivity contribution in [3.8, 4) is 0 Å². The summed E-state index contributed by atoms with van der Waals surface area (Å²) >= 11 is 0. The van der Waals surface area contributed by atoms with Crippen molar-refractivity contribution in [3.05, 3.63) is 84.9 Å². The molecule has 4 aliphatic carbocycles. The minimum absolute atomic E-state index is 0.0929. The fourth-order valence-corrected chi connectivity index (χ4v) is 7.97. The highest BCUT2D eigenvalue weighted by Crippen LogP contribution is 2.65. The zero-order chi connectivity index (χ0) is 24.3. The van der Waals surface area contributed by atoms with Gasteiger partial charge in [-0.1, -0.05) is 72.8 Å². The van der Waals surface area contributed by atoms with Crippen LogP contribution in [-0.2, 0) is 9.59 Å². The monoisotopic (exact) mass is 474 g/mol. The molecule has 36 heavy (non-hydrogen) atoms. The summed E-state index contributed by atoms with van der Waals surface area (Å²) in [5.41, 5.74) is 0.778. The van der Waals surface area contributed by atoms with E-state index >= 15 is 0 Å². The van der Waals surface area contributed by atoms with E-state index in [9.17, 15) is 9.59 Å². The molecule has 0 saturated heterocycles. The summed E-state index contributed by atoms with van der Waals surface area (Å²) in [6, 6.07) is 28.4. The molecule has 4 aliphatic rings. The third-order valence-electron chi connectivity index (χ3n) is 9.10. The van der Waals surface area contributed by atoms with E-state index in [-0.39, 0.29) is 11.8 Å². The van der Waals surface area contributed by atoms with Crippen molar-refractivity contribution in [1.29, 1.82) is 0 Å². The van der Waals surface area contributed by atoms with Crippen molar-refractivity contribution in [2.45, 2.75) is 38.5 Å². The van der Waals surface area contributed by atoms with Crippen LogP contribution in [0.1, 0.15) is 38.5 Å². The molecule has 0 radical (unpaired) electrons. The van der Waals surface area contributed by atoms with Gasteiger partial charge in [0.05, 0.1) is 10.8 Å². The first-order valence-electron chi connectivity index (χ1n) is 13.1. The van der Waals surface area contributed by atoms with Gasteiger partial charge in [0.2, 0.25) is 11.8 Å². The van der Waals surface area contributed by atoms with E-state index < -0.39 is 10.8 Å². The third-order valence-corrected chi connectivity index (χ3v) is 9.10. The number of nitrogens with one attached hydrogen (secondary N) is 2. The normalized spacial score (nSPS) is 28.3. The van der Waals surface area contributed by atoms with E-state index in [0.717, 1.165) is 65.0 Å². The summed E-state index contributed by atoms with van der Waals surface area (Å²) in [4.78, 5) is 27.9. The summed E-state index contributed by atoms with van der Waals surface area (Å²) in [5.74, 6) is 1.05. The Kier molecular flexibility index (Phi) is 4.76. The van der Waals surface area contributed by atoms with Crippen molar-refractivity contribution < 1.29 is 9.59 Å². The van der Waals surface area contributed by atoms with Gasteiger partial charge in [0.1, 0.15) is 0 Å². The van der Waals surface area contributed by atoms with Gasteiger partial charge in [-0.25, -0.2) is 0 Å². The molecule has 0 spiro atoms. The van der Waals surface area contributed by atoms with Gasteiger partial charge in [-0.15, -0.1) is 0 Å². The van der Waals surface area contributed by atoms with Gasteiger partial charge in [0.15, 0.2) is 0 Å². The van der Waals surface area contributed by atoms with Gasteiger partial charge in [-0.3, -0.25) is 9.59 Å². The van der Waals surface area contributed by atoms with Crippen LogP contribution in [0.25, 0.3) is 21.5 Å². The summed E-state index contributed by atoms with van der Waals surface area (Å²) in [6.45, 7) is 0. The number of fused-ring (bicyclic) bond motifs is 2. The zero-order valence-electron chi connectivity index (χ0n) is 20.3. The van der Waals surface area contributed by atoms with Crippen LogP contribution < -0.4 is 10.6 Å². The number of benzene rings is 4. The van der Waals surface area contributed by atoms with Crippen molar-refractivity contribution in [3.63, 3.8) is 0 Å². The molecule has 4 nitrogen and oxygen atoms in total. The summed E-state index contributed by atoms with van der Waals surface area (Å²) in [7, 11) is 0. The molecule has 180 valence electrons. The predicted molar refractivity (Wildman–Crippen MR) is 145 cm³/mol. The first kappa shape index (κ1) is 21.6. The molecule has 0 aliphatic heterocycles. The lowest BCUT2D eigenvalue weighted by Gasteiger charge is -2.60. The number of hydrogen-bond acceptors (Lipinski definition) is 2. The van der Waals surface area contributed by atoms with Crippen LogP contribution in [0.5, 0.6) is 0 Å². The lowest BCUT2D eigenvalue weighted by Crippen LogP contribution is -2.59. The van der Waals surface area contributed by atoms with Gasteiger partial charge in [-0.05, 0) is 73.3 Å². The fraction of sp³-hybridized carbons (Fsp3) is 0.312. The quantitative estimate of drug-likeness (QED) is 0.330. The highest BCUT2D eigenvalue weighted by atomic mass is 16.2. The molecule has 4 saturated carbocycles. The SMILES string of the molecule is O=C(Nc1cccc2ccccc12)C12CC3CC(C1)CC(C(=O)Nc1cccc4ccccc14)(C3)C2. The van der Waals surface area contributed by atoms with Gasteiger partial charge in [-0.2, -0.15) is 0 Å². The van der Waals surface area contributed by atoms with Crippen molar-refractivity contribution in [2.75, 3.05) is 10.6 Å². The number of hydrogen-bond donors (Lipinski definition) is 2. The first-order chi connectivity index (χ1) is 17.5. The van der Waals surface area contributed by atoms with Crippen molar-refractivity contribution in [1.82, 2.24) is 0 Å². The summed E-state index contributed by atoms with van der Waals surface area (Å²) in [6.07, 6.45) is 5.35. The molecule has 8 rings (SSSR count). The Bertz CT molecular complexity index is 1390. The Morgan fingerprint density at radius 2 is 1.00 bits per heavy atom. The minimum atomic E-state index is -0.475. The Morgan fingerprint density at radius 1 is 0.583 bits per heavy atom. The average Bonchev–Trinajstić information content (AvgIpc) is 2.88. The van der Waals surface area contributed by atoms with E-state index in [2.05, 4.69) is 47.0 Å². The predicted octanol–water partition coefficient (Wildman–Crippen LogP) is 7.16. The largest absolute Gasteiger partial charge is 0.325 e. The smallest absolute Gasteiger partial charge is 0.230 e. The number of carbonyl (C=O) groups excluding carboxylic acids is 2. The van der Waals surface area contributed by atoms with Gasteiger partial charge in [0, 0.05) is 22.1 Å². The molecule has 4 bridgehead atoms. The highest BCUT2D eigenvalue weighted by molar-refractivity contribution is 6.06. The Labute approximate surface area is 211 Å². The van der Waals surface area contributed by atoms with Crippen molar-refractivity contribution in [2.24, 2.45) is 22.7 Å². The van der Waals surface area contributed by atoms with Gasteiger partial charge < -0.3 is 10.6 Å². The minimum Gasteiger partial charge on any atom is -0.325 e. The van der Waals surface area contributed by atoms with Crippen LogP contribution in [0, 0.1) is 22.7 Å². The lowest BCUT2D eigenvalue weighted by molar-refractivity contribution is -0.161. The third kappa shape index (κ3) is 3.35. The maximum atomic E-state index is 14.0. The lowest BCUT2D eigenvalue weighted by atomic mass is 9.43. The second-order valence-electron chi connectivity index (χ2n) is 11.5.